The third kappa shape index (κ3) is 2.21. The molecule has 0 aromatic heterocycles. The van der Waals surface area contributed by atoms with Crippen molar-refractivity contribution in [2.75, 3.05) is 18.6 Å². The number of halogens is 1. The van der Waals surface area contributed by atoms with Crippen LogP contribution in [0.1, 0.15) is 25.3 Å². The third-order valence-corrected chi connectivity index (χ3v) is 7.45. The van der Waals surface area contributed by atoms with E-state index in [1.807, 2.05) is 13.0 Å². The molecule has 1 aromatic carbocycles. The van der Waals surface area contributed by atoms with Crippen LogP contribution in [0.3, 0.4) is 0 Å². The molecule has 4 saturated heterocycles. The molecule has 29 heavy (non-hydrogen) atoms. The van der Waals surface area contributed by atoms with Gasteiger partial charge < -0.3 is 19.5 Å². The number of fused-ring (bicyclic) bond motifs is 2. The number of nitriles is 1. The summed E-state index contributed by atoms with van der Waals surface area (Å²) in [6, 6.07) is 6.57. The number of amides is 2. The second-order valence-electron chi connectivity index (χ2n) is 8.48. The maximum absolute atomic E-state index is 13.5. The van der Waals surface area contributed by atoms with Gasteiger partial charge in [-0.05, 0) is 25.1 Å². The lowest BCUT2D eigenvalue weighted by molar-refractivity contribution is -0.150. The van der Waals surface area contributed by atoms with Crippen molar-refractivity contribution in [2.24, 2.45) is 11.8 Å². The van der Waals surface area contributed by atoms with E-state index in [4.69, 9.17) is 26.3 Å². The SMILES string of the molecule is CN(C(=O)O)[C@H]1C[C@@]2(C)O[C@@]13CCO[C@H]1[C@@H]3[C@@H]2C(=O)N1c1ccc(C#N)c(Cl)c1. The van der Waals surface area contributed by atoms with Crippen LogP contribution >= 0.6 is 11.6 Å². The molecule has 152 valence electrons. The summed E-state index contributed by atoms with van der Waals surface area (Å²) in [5, 5.41) is 19.0. The Kier molecular flexibility index (Phi) is 3.77. The zero-order chi connectivity index (χ0) is 20.7. The summed E-state index contributed by atoms with van der Waals surface area (Å²) in [6.45, 7) is 2.26. The van der Waals surface area contributed by atoms with E-state index < -0.39 is 29.4 Å². The van der Waals surface area contributed by atoms with Gasteiger partial charge in [0, 0.05) is 25.6 Å². The minimum absolute atomic E-state index is 0.108. The topological polar surface area (TPSA) is 103 Å². The molecule has 4 aliphatic rings. The second-order valence-corrected chi connectivity index (χ2v) is 8.89. The molecular weight excluding hydrogens is 398 g/mol. The van der Waals surface area contributed by atoms with Crippen LogP contribution in [0.15, 0.2) is 18.2 Å². The van der Waals surface area contributed by atoms with Gasteiger partial charge in [0.15, 0.2) is 0 Å². The molecule has 0 unspecified atom stereocenters. The highest BCUT2D eigenvalue weighted by Crippen LogP contribution is 2.66. The van der Waals surface area contributed by atoms with Crippen molar-refractivity contribution in [1.82, 2.24) is 4.90 Å². The Morgan fingerprint density at radius 2 is 2.24 bits per heavy atom. The molecule has 0 aliphatic carbocycles. The number of hydrogen-bond donors (Lipinski definition) is 1. The molecule has 6 atom stereocenters. The predicted octanol–water partition coefficient (Wildman–Crippen LogP) is 2.45. The number of ether oxygens (including phenoxy) is 2. The third-order valence-electron chi connectivity index (χ3n) is 7.13. The average molecular weight is 418 g/mol. The number of carboxylic acid groups (broad SMARTS) is 1. The molecule has 0 saturated carbocycles. The summed E-state index contributed by atoms with van der Waals surface area (Å²) in [7, 11) is 1.56. The standard InChI is InChI=1S/C20H20ClN3O5/c1-19-8-13(23(2)18(26)27)20(29-19)5-6-28-17-15(20)14(19)16(25)24(17)11-4-3-10(9-22)12(21)7-11/h3-4,7,13-15,17H,5-6,8H2,1-2H3,(H,26,27)/t13-,14+,15-,17-,19+,20-/m0/s1. The number of likely N-dealkylation sites (N-methyl/N-ethyl adjacent to an activating group) is 1. The first-order chi connectivity index (χ1) is 13.7. The number of carbonyl (C=O) groups excluding carboxylic acids is 1. The van der Waals surface area contributed by atoms with Gasteiger partial charge in [-0.3, -0.25) is 9.69 Å². The molecule has 0 radical (unpaired) electrons. The molecule has 5 rings (SSSR count). The highest BCUT2D eigenvalue weighted by Gasteiger charge is 2.79. The van der Waals surface area contributed by atoms with E-state index >= 15 is 0 Å². The molecule has 4 fully saturated rings. The van der Waals surface area contributed by atoms with E-state index in [9.17, 15) is 14.7 Å². The first kappa shape index (κ1) is 18.7. The van der Waals surface area contributed by atoms with Crippen LogP contribution < -0.4 is 4.90 Å². The summed E-state index contributed by atoms with van der Waals surface area (Å²) >= 11 is 6.21. The first-order valence-electron chi connectivity index (χ1n) is 9.54. The fourth-order valence-corrected chi connectivity index (χ4v) is 6.24. The molecule has 1 spiro atoms. The highest BCUT2D eigenvalue weighted by molar-refractivity contribution is 6.32. The van der Waals surface area contributed by atoms with Crippen LogP contribution in [-0.4, -0.2) is 59.1 Å². The van der Waals surface area contributed by atoms with Gasteiger partial charge in [0.2, 0.25) is 5.91 Å². The number of rotatable bonds is 2. The summed E-state index contributed by atoms with van der Waals surface area (Å²) in [4.78, 5) is 28.1. The Morgan fingerprint density at radius 3 is 2.90 bits per heavy atom. The Labute approximate surface area is 172 Å². The molecule has 2 bridgehead atoms. The number of nitrogens with zero attached hydrogens (tertiary/aromatic N) is 3. The first-order valence-corrected chi connectivity index (χ1v) is 9.91. The highest BCUT2D eigenvalue weighted by atomic mass is 35.5. The lowest BCUT2D eigenvalue weighted by atomic mass is 9.63. The van der Waals surface area contributed by atoms with Crippen LogP contribution in [0, 0.1) is 23.2 Å². The molecule has 2 amide bonds. The molecule has 1 aromatic rings. The minimum atomic E-state index is -1.01. The van der Waals surface area contributed by atoms with Crippen LogP contribution in [-0.2, 0) is 14.3 Å². The maximum atomic E-state index is 13.5. The fraction of sp³-hybridized carbons (Fsp3) is 0.550. The number of hydrogen-bond acceptors (Lipinski definition) is 5. The zero-order valence-corrected chi connectivity index (χ0v) is 16.7. The van der Waals surface area contributed by atoms with Gasteiger partial charge in [0.25, 0.3) is 0 Å². The summed E-state index contributed by atoms with van der Waals surface area (Å²) in [5.74, 6) is -0.798. The van der Waals surface area contributed by atoms with Crippen LogP contribution in [0.25, 0.3) is 0 Å². The van der Waals surface area contributed by atoms with Crippen molar-refractivity contribution in [3.63, 3.8) is 0 Å². The van der Waals surface area contributed by atoms with Gasteiger partial charge >= 0.3 is 6.09 Å². The Bertz CT molecular complexity index is 979. The van der Waals surface area contributed by atoms with E-state index in [2.05, 4.69) is 0 Å². The molecule has 9 heteroatoms. The van der Waals surface area contributed by atoms with Crippen LogP contribution in [0.5, 0.6) is 0 Å². The lowest BCUT2D eigenvalue weighted by Gasteiger charge is -2.47. The molecule has 8 nitrogen and oxygen atoms in total. The molecule has 1 N–H and O–H groups in total. The average Bonchev–Trinajstić information content (AvgIpc) is 3.25. The molecule has 4 heterocycles. The Balaban J connectivity index is 1.60. The predicted molar refractivity (Wildman–Crippen MR) is 101 cm³/mol. The van der Waals surface area contributed by atoms with Gasteiger partial charge in [-0.25, -0.2) is 4.79 Å². The number of anilines is 1. The van der Waals surface area contributed by atoms with E-state index in [0.29, 0.717) is 30.7 Å². The Morgan fingerprint density at radius 1 is 1.48 bits per heavy atom. The molecule has 4 aliphatic heterocycles. The van der Waals surface area contributed by atoms with E-state index in [1.54, 1.807) is 30.1 Å². The van der Waals surface area contributed by atoms with Crippen molar-refractivity contribution in [2.45, 2.75) is 43.2 Å². The lowest BCUT2D eigenvalue weighted by Crippen LogP contribution is -2.61. The quantitative estimate of drug-likeness (QED) is 0.792. The van der Waals surface area contributed by atoms with Crippen molar-refractivity contribution in [3.8, 4) is 6.07 Å². The Hall–Kier alpha value is -2.34. The van der Waals surface area contributed by atoms with Gasteiger partial charge in [0.1, 0.15) is 12.3 Å². The number of benzene rings is 1. The van der Waals surface area contributed by atoms with Crippen molar-refractivity contribution in [3.05, 3.63) is 28.8 Å². The largest absolute Gasteiger partial charge is 0.465 e. The normalized spacial score (nSPS) is 39.4. The van der Waals surface area contributed by atoms with E-state index in [0.717, 1.165) is 0 Å². The summed E-state index contributed by atoms with van der Waals surface area (Å²) < 4.78 is 12.5. The smallest absolute Gasteiger partial charge is 0.407 e. The van der Waals surface area contributed by atoms with E-state index in [-0.39, 0.29) is 22.9 Å². The molecular formula is C20H20ClN3O5. The number of carbonyl (C=O) groups is 2. The van der Waals surface area contributed by atoms with Crippen molar-refractivity contribution < 1.29 is 24.2 Å². The summed E-state index contributed by atoms with van der Waals surface area (Å²) in [5.41, 5.74) is -0.605. The van der Waals surface area contributed by atoms with Crippen molar-refractivity contribution in [1.29, 1.82) is 5.26 Å². The maximum Gasteiger partial charge on any atom is 0.407 e. The fourth-order valence-electron chi connectivity index (χ4n) is 6.02. The zero-order valence-electron chi connectivity index (χ0n) is 16.0. The van der Waals surface area contributed by atoms with Gasteiger partial charge in [-0.1, -0.05) is 11.6 Å². The monoisotopic (exact) mass is 417 g/mol. The van der Waals surface area contributed by atoms with Gasteiger partial charge in [-0.2, -0.15) is 5.26 Å². The summed E-state index contributed by atoms with van der Waals surface area (Å²) in [6.07, 6.45) is -0.560. The minimum Gasteiger partial charge on any atom is -0.465 e. The van der Waals surface area contributed by atoms with Crippen LogP contribution in [0.4, 0.5) is 10.5 Å². The van der Waals surface area contributed by atoms with Gasteiger partial charge in [0.05, 0.1) is 46.3 Å². The van der Waals surface area contributed by atoms with Crippen LogP contribution in [0.2, 0.25) is 5.02 Å². The van der Waals surface area contributed by atoms with E-state index in [1.165, 1.54) is 4.90 Å². The second kappa shape index (κ2) is 5.85. The van der Waals surface area contributed by atoms with Gasteiger partial charge in [-0.15, -0.1) is 0 Å². The van der Waals surface area contributed by atoms with Crippen molar-refractivity contribution >= 4 is 29.3 Å².